The molecule has 0 spiro atoms. The number of halogens is 1. The fraction of sp³-hybridized carbons (Fsp3) is 0.154. The van der Waals surface area contributed by atoms with Crippen molar-refractivity contribution in [1.29, 1.82) is 0 Å². The summed E-state index contributed by atoms with van der Waals surface area (Å²) in [7, 11) is 1.50. The van der Waals surface area contributed by atoms with Gasteiger partial charge in [0.15, 0.2) is 15.8 Å². The first-order chi connectivity index (χ1) is 10.2. The minimum atomic E-state index is -0.378. The molecule has 2 aromatic heterocycles. The Morgan fingerprint density at radius 1 is 1.29 bits per heavy atom. The maximum atomic E-state index is 13.5. The van der Waals surface area contributed by atoms with Crippen molar-refractivity contribution in [3.05, 3.63) is 30.3 Å². The summed E-state index contributed by atoms with van der Waals surface area (Å²) in [6.45, 7) is 0. The Balaban J connectivity index is 2.01. The molecule has 5 nitrogen and oxygen atoms in total. The number of hydrogen-bond acceptors (Lipinski definition) is 7. The van der Waals surface area contributed by atoms with Crippen molar-refractivity contribution >= 4 is 45.0 Å². The first-order valence-corrected chi connectivity index (χ1v) is 8.01. The van der Waals surface area contributed by atoms with Crippen LogP contribution in [-0.4, -0.2) is 28.3 Å². The summed E-state index contributed by atoms with van der Waals surface area (Å²) in [6, 6.07) is 4.40. The summed E-state index contributed by atoms with van der Waals surface area (Å²) in [5.74, 6) is 0.665. The van der Waals surface area contributed by atoms with E-state index in [1.54, 1.807) is 17.8 Å². The number of aromatic nitrogens is 3. The largest absolute Gasteiger partial charge is 0.497 e. The quantitative estimate of drug-likeness (QED) is 0.739. The Labute approximate surface area is 128 Å². The molecular formula is C13H11FN4OS2. The summed E-state index contributed by atoms with van der Waals surface area (Å²) in [4.78, 5) is 12.7. The smallest absolute Gasteiger partial charge is 0.176 e. The second-order valence-corrected chi connectivity index (χ2v) is 6.12. The molecule has 21 heavy (non-hydrogen) atoms. The first-order valence-electron chi connectivity index (χ1n) is 5.96. The predicted octanol–water partition coefficient (Wildman–Crippen LogP) is 3.70. The second kappa shape index (κ2) is 5.82. The van der Waals surface area contributed by atoms with Crippen LogP contribution in [0.2, 0.25) is 0 Å². The number of anilines is 2. The summed E-state index contributed by atoms with van der Waals surface area (Å²) in [5, 5.41) is 3.09. The van der Waals surface area contributed by atoms with Crippen LogP contribution in [0.25, 0.3) is 10.3 Å². The van der Waals surface area contributed by atoms with Crippen molar-refractivity contribution in [1.82, 2.24) is 15.0 Å². The van der Waals surface area contributed by atoms with Crippen LogP contribution in [0.15, 0.2) is 28.9 Å². The van der Waals surface area contributed by atoms with Gasteiger partial charge in [0, 0.05) is 17.8 Å². The number of benzene rings is 1. The molecule has 8 heteroatoms. The lowest BCUT2D eigenvalue weighted by molar-refractivity contribution is 0.411. The van der Waals surface area contributed by atoms with Gasteiger partial charge in [0.25, 0.3) is 0 Å². The summed E-state index contributed by atoms with van der Waals surface area (Å²) in [6.07, 6.45) is 3.39. The van der Waals surface area contributed by atoms with Gasteiger partial charge in [0.1, 0.15) is 22.6 Å². The van der Waals surface area contributed by atoms with Crippen molar-refractivity contribution < 1.29 is 9.13 Å². The number of hydrogen-bond donors (Lipinski definition) is 1. The highest BCUT2D eigenvalue weighted by Crippen LogP contribution is 2.32. The molecule has 0 amide bonds. The molecule has 0 atom stereocenters. The van der Waals surface area contributed by atoms with Crippen molar-refractivity contribution in [2.24, 2.45) is 0 Å². The number of methoxy groups -OCH3 is 1. The predicted molar refractivity (Wildman–Crippen MR) is 83.2 cm³/mol. The minimum absolute atomic E-state index is 0.378. The lowest BCUT2D eigenvalue weighted by Crippen LogP contribution is -1.96. The van der Waals surface area contributed by atoms with Gasteiger partial charge in [-0.05, 0) is 12.3 Å². The van der Waals surface area contributed by atoms with Crippen molar-refractivity contribution in [2.75, 3.05) is 18.7 Å². The van der Waals surface area contributed by atoms with E-state index in [-0.39, 0.29) is 5.82 Å². The zero-order valence-electron chi connectivity index (χ0n) is 11.3. The number of nitrogens with one attached hydrogen (secondary N) is 1. The molecular weight excluding hydrogens is 311 g/mol. The topological polar surface area (TPSA) is 59.9 Å². The van der Waals surface area contributed by atoms with E-state index in [2.05, 4.69) is 20.3 Å². The molecule has 0 aliphatic rings. The van der Waals surface area contributed by atoms with Crippen LogP contribution < -0.4 is 10.1 Å². The van der Waals surface area contributed by atoms with E-state index in [1.807, 2.05) is 6.26 Å². The molecule has 0 unspecified atom stereocenters. The van der Waals surface area contributed by atoms with Crippen LogP contribution >= 0.6 is 23.1 Å². The molecule has 0 fully saturated rings. The first kappa shape index (κ1) is 14.0. The third-order valence-electron chi connectivity index (χ3n) is 2.72. The van der Waals surface area contributed by atoms with Crippen molar-refractivity contribution in [3.63, 3.8) is 0 Å². The standard InChI is InChI=1S/C13H11FN4OS2/c1-19-9-4-7(14)3-8(5-9)17-11-10-12(16-6-15-11)18-13(20-2)21-10/h3-6H,1-2H3,(H,15,16,17). The number of ether oxygens (including phenoxy) is 1. The number of rotatable bonds is 4. The molecule has 0 bridgehead atoms. The molecule has 2 heterocycles. The number of nitrogens with zero attached hydrogens (tertiary/aromatic N) is 3. The van der Waals surface area contributed by atoms with Gasteiger partial charge in [-0.2, -0.15) is 0 Å². The molecule has 3 aromatic rings. The van der Waals surface area contributed by atoms with E-state index in [4.69, 9.17) is 4.74 Å². The zero-order chi connectivity index (χ0) is 14.8. The van der Waals surface area contributed by atoms with Crippen LogP contribution in [0.4, 0.5) is 15.9 Å². The van der Waals surface area contributed by atoms with Gasteiger partial charge in [0.2, 0.25) is 0 Å². The maximum absolute atomic E-state index is 13.5. The Morgan fingerprint density at radius 2 is 2.14 bits per heavy atom. The number of thioether (sulfide) groups is 1. The molecule has 0 aliphatic carbocycles. The van der Waals surface area contributed by atoms with E-state index < -0.39 is 0 Å². The normalized spacial score (nSPS) is 10.8. The van der Waals surface area contributed by atoms with E-state index in [9.17, 15) is 4.39 Å². The molecule has 1 N–H and O–H groups in total. The van der Waals surface area contributed by atoms with Gasteiger partial charge in [-0.15, -0.1) is 11.3 Å². The van der Waals surface area contributed by atoms with E-state index in [0.29, 0.717) is 22.9 Å². The molecule has 0 aliphatic heterocycles. The average Bonchev–Trinajstić information content (AvgIpc) is 2.91. The lowest BCUT2D eigenvalue weighted by Gasteiger charge is -2.08. The van der Waals surface area contributed by atoms with Gasteiger partial charge in [-0.1, -0.05) is 11.8 Å². The third kappa shape index (κ3) is 2.91. The molecule has 108 valence electrons. The average molecular weight is 322 g/mol. The SMILES string of the molecule is COc1cc(F)cc(Nc2ncnc3nc(SC)sc23)c1. The van der Waals surface area contributed by atoms with Crippen molar-refractivity contribution in [3.8, 4) is 5.75 Å². The molecule has 0 radical (unpaired) electrons. The molecule has 0 saturated heterocycles. The number of fused-ring (bicyclic) bond motifs is 1. The third-order valence-corrected chi connectivity index (χ3v) is 4.75. The van der Waals surface area contributed by atoms with Gasteiger partial charge >= 0.3 is 0 Å². The Kier molecular flexibility index (Phi) is 3.89. The Hall–Kier alpha value is -1.93. The lowest BCUT2D eigenvalue weighted by atomic mass is 10.3. The second-order valence-electron chi connectivity index (χ2n) is 4.06. The molecule has 1 aromatic carbocycles. The highest BCUT2D eigenvalue weighted by molar-refractivity contribution is 8.00. The Morgan fingerprint density at radius 3 is 2.90 bits per heavy atom. The van der Waals surface area contributed by atoms with E-state index in [0.717, 1.165) is 9.04 Å². The highest BCUT2D eigenvalue weighted by Gasteiger charge is 2.11. The minimum Gasteiger partial charge on any atom is -0.497 e. The highest BCUT2D eigenvalue weighted by atomic mass is 32.2. The zero-order valence-corrected chi connectivity index (χ0v) is 12.9. The molecule has 3 rings (SSSR count). The van der Waals surface area contributed by atoms with Crippen LogP contribution in [0.3, 0.4) is 0 Å². The maximum Gasteiger partial charge on any atom is 0.176 e. The monoisotopic (exact) mass is 322 g/mol. The van der Waals surface area contributed by atoms with Crippen LogP contribution in [-0.2, 0) is 0 Å². The number of thiazole rings is 1. The van der Waals surface area contributed by atoms with Gasteiger partial charge in [-0.3, -0.25) is 0 Å². The fourth-order valence-corrected chi connectivity index (χ4v) is 3.26. The summed E-state index contributed by atoms with van der Waals surface area (Å²) < 4.78 is 20.3. The van der Waals surface area contributed by atoms with E-state index >= 15 is 0 Å². The summed E-state index contributed by atoms with van der Waals surface area (Å²) >= 11 is 3.05. The van der Waals surface area contributed by atoms with Crippen LogP contribution in [0.5, 0.6) is 5.75 Å². The van der Waals surface area contributed by atoms with Crippen molar-refractivity contribution in [2.45, 2.75) is 4.34 Å². The van der Waals surface area contributed by atoms with E-state index in [1.165, 1.54) is 36.9 Å². The Bertz CT molecular complexity index is 793. The van der Waals surface area contributed by atoms with Gasteiger partial charge in [0.05, 0.1) is 7.11 Å². The van der Waals surface area contributed by atoms with Gasteiger partial charge < -0.3 is 10.1 Å². The summed E-state index contributed by atoms with van der Waals surface area (Å²) in [5.41, 5.74) is 1.19. The molecule has 0 saturated carbocycles. The van der Waals surface area contributed by atoms with Gasteiger partial charge in [-0.25, -0.2) is 19.3 Å². The fourth-order valence-electron chi connectivity index (χ4n) is 1.80. The van der Waals surface area contributed by atoms with Crippen LogP contribution in [0, 0.1) is 5.82 Å². The van der Waals surface area contributed by atoms with Crippen LogP contribution in [0.1, 0.15) is 0 Å².